The van der Waals surface area contributed by atoms with Gasteiger partial charge in [-0.2, -0.15) is 0 Å². The summed E-state index contributed by atoms with van der Waals surface area (Å²) in [4.78, 5) is 28.5. The van der Waals surface area contributed by atoms with Crippen LogP contribution in [0.25, 0.3) is 0 Å². The molecule has 1 spiro atoms. The van der Waals surface area contributed by atoms with Crippen molar-refractivity contribution in [2.45, 2.75) is 70.4 Å². The summed E-state index contributed by atoms with van der Waals surface area (Å²) >= 11 is 0. The van der Waals surface area contributed by atoms with Gasteiger partial charge in [0.2, 0.25) is 0 Å². The lowest BCUT2D eigenvalue weighted by Crippen LogP contribution is -2.77. The summed E-state index contributed by atoms with van der Waals surface area (Å²) in [6.45, 7) is 10.5. The smallest absolute Gasteiger partial charge is 0.412 e. The number of carbonyl (C=O) groups is 2. The molecule has 3 aliphatic heterocycles. The van der Waals surface area contributed by atoms with Crippen molar-refractivity contribution in [3.05, 3.63) is 0 Å². The van der Waals surface area contributed by atoms with Gasteiger partial charge in [-0.15, -0.1) is 0 Å². The number of fused-ring (bicyclic) bond motifs is 2. The van der Waals surface area contributed by atoms with Crippen LogP contribution in [0.4, 0.5) is 4.79 Å². The Balaban J connectivity index is 1.88. The fraction of sp³-hybridized carbons (Fsp3) is 0.867. The molecule has 3 fully saturated rings. The highest BCUT2D eigenvalue weighted by molar-refractivity contribution is 5.96. The molecule has 0 aliphatic carbocycles. The van der Waals surface area contributed by atoms with Gasteiger partial charge >= 0.3 is 6.09 Å². The zero-order valence-electron chi connectivity index (χ0n) is 13.4. The molecule has 6 nitrogen and oxygen atoms in total. The summed E-state index contributed by atoms with van der Waals surface area (Å²) in [5.41, 5.74) is -1.76. The van der Waals surface area contributed by atoms with E-state index in [1.807, 2.05) is 34.6 Å². The zero-order chi connectivity index (χ0) is 15.6. The second kappa shape index (κ2) is 4.12. The predicted molar refractivity (Wildman–Crippen MR) is 75.6 cm³/mol. The van der Waals surface area contributed by atoms with Crippen LogP contribution in [0.5, 0.6) is 0 Å². The minimum Gasteiger partial charge on any atom is -0.444 e. The molecule has 3 rings (SSSR count). The first-order valence-electron chi connectivity index (χ1n) is 7.56. The first kappa shape index (κ1) is 14.6. The van der Waals surface area contributed by atoms with E-state index in [0.717, 1.165) is 6.42 Å². The SMILES string of the molecule is CC(C)(C)OC(=O)N1CC(C)(C)N2C(=O)[C@@]3(CCCO3)[C@@H]12. The standard InChI is InChI=1S/C15H24N2O4/c1-13(2,3)21-12(19)16-9-14(4,5)17-10(16)15(11(17)18)7-6-8-20-15/h10H,6-9H2,1-5H3/t10-,15+/m0/s1. The van der Waals surface area contributed by atoms with Gasteiger partial charge in [0, 0.05) is 13.2 Å². The third-order valence-electron chi connectivity index (χ3n) is 4.43. The minimum absolute atomic E-state index is 0.0149. The van der Waals surface area contributed by atoms with E-state index in [0.29, 0.717) is 19.6 Å². The summed E-state index contributed by atoms with van der Waals surface area (Å²) in [5.74, 6) is 0.0149. The highest BCUT2D eigenvalue weighted by Crippen LogP contribution is 2.51. The lowest BCUT2D eigenvalue weighted by molar-refractivity contribution is -0.208. The van der Waals surface area contributed by atoms with Crippen LogP contribution in [0.2, 0.25) is 0 Å². The van der Waals surface area contributed by atoms with Crippen molar-refractivity contribution >= 4 is 12.0 Å². The van der Waals surface area contributed by atoms with Crippen molar-refractivity contribution in [2.24, 2.45) is 0 Å². The second-order valence-corrected chi connectivity index (χ2v) is 7.81. The Labute approximate surface area is 125 Å². The van der Waals surface area contributed by atoms with E-state index in [9.17, 15) is 9.59 Å². The predicted octanol–water partition coefficient (Wildman–Crippen LogP) is 1.73. The molecule has 0 saturated carbocycles. The molecule has 0 N–H and O–H groups in total. The minimum atomic E-state index is -0.829. The topological polar surface area (TPSA) is 59.1 Å². The van der Waals surface area contributed by atoms with Crippen molar-refractivity contribution < 1.29 is 19.1 Å². The van der Waals surface area contributed by atoms with E-state index in [-0.39, 0.29) is 23.7 Å². The van der Waals surface area contributed by atoms with E-state index in [1.165, 1.54) is 0 Å². The largest absolute Gasteiger partial charge is 0.444 e. The number of hydrogen-bond donors (Lipinski definition) is 0. The van der Waals surface area contributed by atoms with Gasteiger partial charge in [0.15, 0.2) is 5.60 Å². The van der Waals surface area contributed by atoms with E-state index < -0.39 is 11.2 Å². The monoisotopic (exact) mass is 296 g/mol. The maximum absolute atomic E-state index is 12.6. The molecule has 2 atom stereocenters. The molecule has 0 aromatic heterocycles. The van der Waals surface area contributed by atoms with Crippen molar-refractivity contribution in [3.8, 4) is 0 Å². The number of carbonyl (C=O) groups excluding carboxylic acids is 2. The van der Waals surface area contributed by atoms with E-state index in [4.69, 9.17) is 9.47 Å². The maximum Gasteiger partial charge on any atom is 0.412 e. The fourth-order valence-electron chi connectivity index (χ4n) is 3.66. The zero-order valence-corrected chi connectivity index (χ0v) is 13.4. The van der Waals surface area contributed by atoms with Crippen LogP contribution < -0.4 is 0 Å². The Morgan fingerprint density at radius 2 is 2.05 bits per heavy atom. The molecule has 3 aliphatic rings. The lowest BCUT2D eigenvalue weighted by Gasteiger charge is -2.54. The van der Waals surface area contributed by atoms with Crippen molar-refractivity contribution in [1.29, 1.82) is 0 Å². The van der Waals surface area contributed by atoms with Crippen LogP contribution in [0, 0.1) is 0 Å². The summed E-state index contributed by atoms with van der Waals surface area (Å²) in [6.07, 6.45) is 0.851. The van der Waals surface area contributed by atoms with Gasteiger partial charge in [-0.05, 0) is 47.5 Å². The van der Waals surface area contributed by atoms with Crippen LogP contribution >= 0.6 is 0 Å². The molecule has 118 valence electrons. The Morgan fingerprint density at radius 1 is 1.38 bits per heavy atom. The van der Waals surface area contributed by atoms with Crippen LogP contribution in [0.1, 0.15) is 47.5 Å². The molecule has 0 radical (unpaired) electrons. The molecule has 0 bridgehead atoms. The average molecular weight is 296 g/mol. The van der Waals surface area contributed by atoms with Crippen LogP contribution in [0.3, 0.4) is 0 Å². The number of nitrogens with zero attached hydrogens (tertiary/aromatic N) is 2. The van der Waals surface area contributed by atoms with Gasteiger partial charge in [-0.25, -0.2) is 4.79 Å². The van der Waals surface area contributed by atoms with E-state index in [1.54, 1.807) is 9.80 Å². The molecule has 0 unspecified atom stereocenters. The van der Waals surface area contributed by atoms with Gasteiger partial charge in [-0.3, -0.25) is 9.69 Å². The Bertz CT molecular complexity index is 488. The molecular formula is C15H24N2O4. The highest BCUT2D eigenvalue weighted by Gasteiger charge is 2.73. The van der Waals surface area contributed by atoms with Gasteiger partial charge in [-0.1, -0.05) is 0 Å². The van der Waals surface area contributed by atoms with Crippen LogP contribution in [0.15, 0.2) is 0 Å². The number of hydrogen-bond acceptors (Lipinski definition) is 4. The molecule has 3 saturated heterocycles. The molecular weight excluding hydrogens is 272 g/mol. The molecule has 0 aromatic rings. The maximum atomic E-state index is 12.6. The lowest BCUT2D eigenvalue weighted by atomic mass is 9.83. The quantitative estimate of drug-likeness (QED) is 0.639. The van der Waals surface area contributed by atoms with Crippen molar-refractivity contribution in [2.75, 3.05) is 13.2 Å². The van der Waals surface area contributed by atoms with Crippen LogP contribution in [-0.4, -0.2) is 57.9 Å². The van der Waals surface area contributed by atoms with Gasteiger partial charge in [0.1, 0.15) is 11.8 Å². The van der Waals surface area contributed by atoms with Crippen molar-refractivity contribution in [1.82, 2.24) is 9.80 Å². The normalized spacial score (nSPS) is 34.1. The number of rotatable bonds is 0. The number of β-lactam (4-membered cyclic amide) rings is 1. The first-order chi connectivity index (χ1) is 9.58. The Kier molecular flexibility index (Phi) is 2.87. The van der Waals surface area contributed by atoms with E-state index in [2.05, 4.69) is 0 Å². The fourth-order valence-corrected chi connectivity index (χ4v) is 3.66. The molecule has 2 amide bonds. The second-order valence-electron chi connectivity index (χ2n) is 7.81. The average Bonchev–Trinajstić information content (AvgIpc) is 2.88. The first-order valence-corrected chi connectivity index (χ1v) is 7.56. The summed E-state index contributed by atoms with van der Waals surface area (Å²) in [7, 11) is 0. The van der Waals surface area contributed by atoms with Crippen LogP contribution in [-0.2, 0) is 14.3 Å². The third kappa shape index (κ3) is 1.95. The molecule has 3 heterocycles. The van der Waals surface area contributed by atoms with Gasteiger partial charge in [0.05, 0.1) is 5.54 Å². The highest BCUT2D eigenvalue weighted by atomic mass is 16.6. The Morgan fingerprint density at radius 3 is 2.57 bits per heavy atom. The third-order valence-corrected chi connectivity index (χ3v) is 4.43. The van der Waals surface area contributed by atoms with Crippen molar-refractivity contribution in [3.63, 3.8) is 0 Å². The Hall–Kier alpha value is -1.30. The number of ether oxygens (including phenoxy) is 2. The summed E-state index contributed by atoms with van der Waals surface area (Å²) in [5, 5.41) is 0. The van der Waals surface area contributed by atoms with E-state index >= 15 is 0 Å². The summed E-state index contributed by atoms with van der Waals surface area (Å²) in [6, 6.07) is 0. The molecule has 6 heteroatoms. The summed E-state index contributed by atoms with van der Waals surface area (Å²) < 4.78 is 11.3. The molecule has 21 heavy (non-hydrogen) atoms. The van der Waals surface area contributed by atoms with Gasteiger partial charge in [0.25, 0.3) is 5.91 Å². The molecule has 0 aromatic carbocycles. The van der Waals surface area contributed by atoms with Gasteiger partial charge < -0.3 is 14.4 Å². The number of amides is 2.